The van der Waals surface area contributed by atoms with E-state index in [1.165, 1.54) is 28.0 Å². The fraction of sp³-hybridized carbons (Fsp3) is 0.143. The monoisotopic (exact) mass is 411 g/mol. The van der Waals surface area contributed by atoms with Crippen molar-refractivity contribution in [3.05, 3.63) is 53.5 Å². The van der Waals surface area contributed by atoms with Crippen LogP contribution in [0.3, 0.4) is 0 Å². The molecule has 0 unspecified atom stereocenters. The van der Waals surface area contributed by atoms with E-state index in [1.807, 2.05) is 24.3 Å². The number of hydrogen-bond acceptors (Lipinski definition) is 5. The zero-order chi connectivity index (χ0) is 17.2. The molecular weight excluding hydrogens is 398 g/mol. The third-order valence-corrected chi connectivity index (χ3v) is 4.92. The van der Waals surface area contributed by atoms with Crippen LogP contribution in [0.5, 0.6) is 5.75 Å². The molecule has 0 aliphatic heterocycles. The Bertz CT molecular complexity index is 933. The van der Waals surface area contributed by atoms with Crippen molar-refractivity contribution in [3.8, 4) is 5.75 Å². The normalized spacial score (nSPS) is 11.4. The number of hydrogen-bond donors (Lipinski definition) is 1. The van der Waals surface area contributed by atoms with Gasteiger partial charge >= 0.3 is 0 Å². The van der Waals surface area contributed by atoms with Gasteiger partial charge in [0.1, 0.15) is 10.6 Å². The van der Waals surface area contributed by atoms with Gasteiger partial charge in [-0.25, -0.2) is 13.1 Å². The Labute approximate surface area is 147 Å². The second-order valence-electron chi connectivity index (χ2n) is 4.95. The number of nitrogens with one attached hydrogen (secondary N) is 1. The smallest absolute Gasteiger partial charge is 0.265 e. The average Bonchev–Trinajstić information content (AvgIpc) is 3.16. The van der Waals surface area contributed by atoms with Crippen molar-refractivity contribution in [2.75, 3.05) is 4.72 Å². The number of anilines is 1. The minimum atomic E-state index is -3.68. The second kappa shape index (κ2) is 6.65. The summed E-state index contributed by atoms with van der Waals surface area (Å²) in [7, 11) is -2.03. The molecule has 24 heavy (non-hydrogen) atoms. The third kappa shape index (κ3) is 3.95. The Morgan fingerprint density at radius 2 is 1.92 bits per heavy atom. The first kappa shape index (κ1) is 16.5. The van der Waals surface area contributed by atoms with Crippen molar-refractivity contribution in [1.29, 1.82) is 0 Å². The molecule has 8 nitrogen and oxygen atoms in total. The van der Waals surface area contributed by atoms with Gasteiger partial charge in [-0.2, -0.15) is 10.2 Å². The van der Waals surface area contributed by atoms with Crippen LogP contribution in [0, 0.1) is 0 Å². The van der Waals surface area contributed by atoms with Crippen LogP contribution in [0.4, 0.5) is 5.69 Å². The molecule has 2 heterocycles. The molecule has 10 heteroatoms. The highest BCUT2D eigenvalue weighted by Gasteiger charge is 2.17. The fourth-order valence-electron chi connectivity index (χ4n) is 1.91. The molecular formula is C14H14BrN5O3S. The molecule has 0 aliphatic rings. The molecule has 2 aromatic heterocycles. The maximum absolute atomic E-state index is 12.2. The zero-order valence-electron chi connectivity index (χ0n) is 12.6. The molecule has 0 fully saturated rings. The van der Waals surface area contributed by atoms with Gasteiger partial charge in [0.2, 0.25) is 0 Å². The molecule has 0 aliphatic carbocycles. The molecule has 0 radical (unpaired) electrons. The number of halogens is 1. The lowest BCUT2D eigenvalue weighted by molar-refractivity contribution is 0.221. The Kier molecular flexibility index (Phi) is 4.58. The van der Waals surface area contributed by atoms with E-state index in [0.29, 0.717) is 11.4 Å². The summed E-state index contributed by atoms with van der Waals surface area (Å²) in [5, 5.41) is 7.92. The molecule has 1 aromatic carbocycles. The van der Waals surface area contributed by atoms with Gasteiger partial charge in [-0.15, -0.1) is 0 Å². The van der Waals surface area contributed by atoms with E-state index < -0.39 is 10.0 Å². The number of aromatic nitrogens is 4. The molecule has 0 atom stereocenters. The molecule has 0 saturated heterocycles. The van der Waals surface area contributed by atoms with Crippen molar-refractivity contribution >= 4 is 31.6 Å². The predicted molar refractivity (Wildman–Crippen MR) is 91.0 cm³/mol. The summed E-state index contributed by atoms with van der Waals surface area (Å²) in [6.07, 6.45) is 5.67. The summed E-state index contributed by atoms with van der Waals surface area (Å²) in [4.78, 5) is 0.0869. The van der Waals surface area contributed by atoms with Gasteiger partial charge < -0.3 is 4.74 Å². The van der Waals surface area contributed by atoms with Gasteiger partial charge in [-0.05, 0) is 24.3 Å². The summed E-state index contributed by atoms with van der Waals surface area (Å²) in [6.45, 7) is 0.163. The fourth-order valence-corrected chi connectivity index (χ4v) is 3.19. The van der Waals surface area contributed by atoms with E-state index >= 15 is 0 Å². The standard InChI is InChI=1S/C14H14BrN5O3S/c1-19-9-14(7-16-19)24(21,22)18-12-6-17-20(8-12)10-23-13-4-2-11(15)3-5-13/h2-9,18H,10H2,1H3. The summed E-state index contributed by atoms with van der Waals surface area (Å²) < 4.78 is 36.3. The molecule has 0 bridgehead atoms. The molecule has 1 N–H and O–H groups in total. The summed E-state index contributed by atoms with van der Waals surface area (Å²) in [5.41, 5.74) is 0.346. The molecule has 3 aromatic rings. The van der Waals surface area contributed by atoms with Crippen molar-refractivity contribution in [2.24, 2.45) is 7.05 Å². The first-order valence-electron chi connectivity index (χ1n) is 6.85. The SMILES string of the molecule is Cn1cc(S(=O)(=O)Nc2cnn(COc3ccc(Br)cc3)c2)cn1. The van der Waals surface area contributed by atoms with E-state index in [4.69, 9.17) is 4.74 Å². The van der Waals surface area contributed by atoms with E-state index in [1.54, 1.807) is 13.2 Å². The van der Waals surface area contributed by atoms with Crippen LogP contribution in [0.15, 0.2) is 58.4 Å². The highest BCUT2D eigenvalue weighted by Crippen LogP contribution is 2.17. The zero-order valence-corrected chi connectivity index (χ0v) is 15.0. The number of ether oxygens (including phenoxy) is 1. The van der Waals surface area contributed by atoms with Gasteiger partial charge in [-0.3, -0.25) is 9.40 Å². The van der Waals surface area contributed by atoms with Crippen molar-refractivity contribution in [1.82, 2.24) is 19.6 Å². The van der Waals surface area contributed by atoms with Crippen LogP contribution in [0.25, 0.3) is 0 Å². The largest absolute Gasteiger partial charge is 0.471 e. The van der Waals surface area contributed by atoms with Crippen LogP contribution >= 0.6 is 15.9 Å². The maximum atomic E-state index is 12.2. The highest BCUT2D eigenvalue weighted by molar-refractivity contribution is 9.10. The minimum absolute atomic E-state index is 0.0869. The Morgan fingerprint density at radius 3 is 2.58 bits per heavy atom. The number of benzene rings is 1. The molecule has 0 saturated carbocycles. The van der Waals surface area contributed by atoms with Crippen molar-refractivity contribution in [2.45, 2.75) is 11.6 Å². The summed E-state index contributed by atoms with van der Waals surface area (Å²) >= 11 is 3.35. The molecule has 3 rings (SSSR count). The van der Waals surface area contributed by atoms with Gasteiger partial charge in [-0.1, -0.05) is 15.9 Å². The van der Waals surface area contributed by atoms with Crippen molar-refractivity contribution < 1.29 is 13.2 Å². The number of rotatable bonds is 6. The van der Waals surface area contributed by atoms with Gasteiger partial charge in [0.15, 0.2) is 6.73 Å². The molecule has 0 amide bonds. The van der Waals surface area contributed by atoms with E-state index in [-0.39, 0.29) is 11.6 Å². The van der Waals surface area contributed by atoms with Crippen LogP contribution in [0.1, 0.15) is 0 Å². The first-order valence-corrected chi connectivity index (χ1v) is 9.12. The van der Waals surface area contributed by atoms with Gasteiger partial charge in [0.25, 0.3) is 10.0 Å². The number of sulfonamides is 1. The minimum Gasteiger partial charge on any atom is -0.471 e. The van der Waals surface area contributed by atoms with E-state index in [0.717, 1.165) is 4.47 Å². The first-order chi connectivity index (χ1) is 11.4. The van der Waals surface area contributed by atoms with Crippen LogP contribution in [-0.4, -0.2) is 28.0 Å². The lowest BCUT2D eigenvalue weighted by Crippen LogP contribution is -2.12. The number of nitrogens with zero attached hydrogens (tertiary/aromatic N) is 4. The lowest BCUT2D eigenvalue weighted by Gasteiger charge is -2.06. The Balaban J connectivity index is 1.64. The predicted octanol–water partition coefficient (Wildman–Crippen LogP) is 2.22. The summed E-state index contributed by atoms with van der Waals surface area (Å²) in [6, 6.07) is 7.37. The van der Waals surface area contributed by atoms with E-state index in [2.05, 4.69) is 30.8 Å². The highest BCUT2D eigenvalue weighted by atomic mass is 79.9. The quantitative estimate of drug-likeness (QED) is 0.671. The average molecular weight is 412 g/mol. The topological polar surface area (TPSA) is 91.0 Å². The summed E-state index contributed by atoms with van der Waals surface area (Å²) in [5.74, 6) is 0.686. The third-order valence-electron chi connectivity index (χ3n) is 3.05. The van der Waals surface area contributed by atoms with Crippen molar-refractivity contribution in [3.63, 3.8) is 0 Å². The molecule has 0 spiro atoms. The Morgan fingerprint density at radius 1 is 1.17 bits per heavy atom. The van der Waals surface area contributed by atoms with E-state index in [9.17, 15) is 8.42 Å². The van der Waals surface area contributed by atoms with Crippen LogP contribution in [0.2, 0.25) is 0 Å². The lowest BCUT2D eigenvalue weighted by atomic mass is 10.3. The van der Waals surface area contributed by atoms with Crippen LogP contribution < -0.4 is 9.46 Å². The Hall–Kier alpha value is -2.33. The van der Waals surface area contributed by atoms with Gasteiger partial charge in [0, 0.05) is 17.7 Å². The molecule has 126 valence electrons. The van der Waals surface area contributed by atoms with Crippen LogP contribution in [-0.2, 0) is 23.8 Å². The number of aryl methyl sites for hydroxylation is 1. The van der Waals surface area contributed by atoms with Gasteiger partial charge in [0.05, 0.1) is 24.3 Å². The maximum Gasteiger partial charge on any atom is 0.265 e. The second-order valence-corrected chi connectivity index (χ2v) is 7.55.